The fourth-order valence-electron chi connectivity index (χ4n) is 3.21. The molecule has 0 unspecified atom stereocenters. The molecule has 0 bridgehead atoms. The molecular weight excluding hydrogens is 288 g/mol. The van der Waals surface area contributed by atoms with Crippen molar-refractivity contribution < 1.29 is 4.79 Å². The number of piperidine rings is 1. The van der Waals surface area contributed by atoms with Gasteiger partial charge in [-0.05, 0) is 30.7 Å². The van der Waals surface area contributed by atoms with Crippen LogP contribution in [0.5, 0.6) is 0 Å². The van der Waals surface area contributed by atoms with Crippen molar-refractivity contribution in [3.63, 3.8) is 0 Å². The van der Waals surface area contributed by atoms with Crippen LogP contribution < -0.4 is 0 Å². The third kappa shape index (κ3) is 4.12. The van der Waals surface area contributed by atoms with Crippen molar-refractivity contribution in [1.29, 1.82) is 0 Å². The lowest BCUT2D eigenvalue weighted by Crippen LogP contribution is -2.45. The third-order valence-corrected chi connectivity index (χ3v) is 4.54. The molecule has 122 valence electrons. The Bertz CT molecular complexity index is 603. The van der Waals surface area contributed by atoms with Crippen molar-refractivity contribution in [3.05, 3.63) is 54.1 Å². The van der Waals surface area contributed by atoms with E-state index < -0.39 is 0 Å². The van der Waals surface area contributed by atoms with Crippen LogP contribution >= 0.6 is 0 Å². The van der Waals surface area contributed by atoms with Crippen LogP contribution in [0, 0.1) is 5.92 Å². The number of hydrogen-bond acceptors (Lipinski definition) is 2. The molecule has 1 fully saturated rings. The standard InChI is InChI=1S/C18H24N4O/c1-21(13-17-12-19-14-20-17)18(23)22-9-7-16(8-10-22)11-15-5-3-2-4-6-15/h2-6,12,14,16H,7-11,13H2,1H3,(H,19,20). The summed E-state index contributed by atoms with van der Waals surface area (Å²) in [5, 5.41) is 0. The lowest BCUT2D eigenvalue weighted by atomic mass is 9.90. The highest BCUT2D eigenvalue weighted by atomic mass is 16.2. The van der Waals surface area contributed by atoms with E-state index in [2.05, 4.69) is 40.3 Å². The molecule has 2 heterocycles. The zero-order valence-electron chi connectivity index (χ0n) is 13.6. The maximum Gasteiger partial charge on any atom is 0.320 e. The van der Waals surface area contributed by atoms with Crippen LogP contribution in [0.2, 0.25) is 0 Å². The first-order valence-electron chi connectivity index (χ1n) is 8.23. The predicted molar refractivity (Wildman–Crippen MR) is 89.9 cm³/mol. The van der Waals surface area contributed by atoms with Gasteiger partial charge in [0, 0.05) is 26.3 Å². The summed E-state index contributed by atoms with van der Waals surface area (Å²) in [6.45, 7) is 2.27. The normalized spacial score (nSPS) is 15.6. The first-order chi connectivity index (χ1) is 11.2. The topological polar surface area (TPSA) is 52.2 Å². The van der Waals surface area contributed by atoms with Crippen molar-refractivity contribution in [2.45, 2.75) is 25.8 Å². The maximum absolute atomic E-state index is 12.5. The van der Waals surface area contributed by atoms with Crippen LogP contribution in [0.25, 0.3) is 0 Å². The SMILES string of the molecule is CN(Cc1cnc[nH]1)C(=O)N1CCC(Cc2ccccc2)CC1. The number of rotatable bonds is 4. The molecule has 0 saturated carbocycles. The summed E-state index contributed by atoms with van der Waals surface area (Å²) < 4.78 is 0. The number of carbonyl (C=O) groups is 1. The Balaban J connectivity index is 1.47. The molecule has 1 N–H and O–H groups in total. The summed E-state index contributed by atoms with van der Waals surface area (Å²) >= 11 is 0. The summed E-state index contributed by atoms with van der Waals surface area (Å²) in [6.07, 6.45) is 6.68. The van der Waals surface area contributed by atoms with Crippen molar-refractivity contribution in [2.75, 3.05) is 20.1 Å². The zero-order valence-corrected chi connectivity index (χ0v) is 13.6. The fraction of sp³-hybridized carbons (Fsp3) is 0.444. The molecule has 1 saturated heterocycles. The predicted octanol–water partition coefficient (Wildman–Crippen LogP) is 2.92. The number of urea groups is 1. The fourth-order valence-corrected chi connectivity index (χ4v) is 3.21. The first kappa shape index (κ1) is 15.6. The highest BCUT2D eigenvalue weighted by Crippen LogP contribution is 2.22. The molecule has 0 aliphatic carbocycles. The molecule has 2 aromatic rings. The molecule has 3 rings (SSSR count). The van der Waals surface area contributed by atoms with Gasteiger partial charge >= 0.3 is 6.03 Å². The number of imidazole rings is 1. The summed E-state index contributed by atoms with van der Waals surface area (Å²) in [7, 11) is 1.85. The molecule has 0 atom stereocenters. The highest BCUT2D eigenvalue weighted by molar-refractivity contribution is 5.74. The lowest BCUT2D eigenvalue weighted by Gasteiger charge is -2.34. The molecule has 1 aromatic carbocycles. The number of nitrogens with zero attached hydrogens (tertiary/aromatic N) is 3. The Hall–Kier alpha value is -2.30. The van der Waals surface area contributed by atoms with Crippen LogP contribution in [0.4, 0.5) is 4.79 Å². The van der Waals surface area contributed by atoms with Gasteiger partial charge in [0.15, 0.2) is 0 Å². The van der Waals surface area contributed by atoms with E-state index in [-0.39, 0.29) is 6.03 Å². The van der Waals surface area contributed by atoms with Crippen LogP contribution in [-0.2, 0) is 13.0 Å². The number of likely N-dealkylation sites (tertiary alicyclic amines) is 1. The first-order valence-corrected chi connectivity index (χ1v) is 8.23. The molecule has 5 nitrogen and oxygen atoms in total. The minimum atomic E-state index is 0.109. The van der Waals surface area contributed by atoms with Crippen molar-refractivity contribution in [3.8, 4) is 0 Å². The van der Waals surface area contributed by atoms with Gasteiger partial charge in [0.05, 0.1) is 18.6 Å². The molecule has 0 radical (unpaired) electrons. The van der Waals surface area contributed by atoms with Gasteiger partial charge in [-0.1, -0.05) is 30.3 Å². The van der Waals surface area contributed by atoms with E-state index in [1.807, 2.05) is 11.9 Å². The Morgan fingerprint density at radius 2 is 2.04 bits per heavy atom. The van der Waals surface area contributed by atoms with Gasteiger partial charge in [-0.3, -0.25) is 0 Å². The van der Waals surface area contributed by atoms with Crippen LogP contribution in [0.3, 0.4) is 0 Å². The summed E-state index contributed by atoms with van der Waals surface area (Å²) in [6, 6.07) is 10.7. The Kier molecular flexibility index (Phi) is 4.95. The second kappa shape index (κ2) is 7.31. The van der Waals surface area contributed by atoms with E-state index >= 15 is 0 Å². The average molecular weight is 312 g/mol. The van der Waals surface area contributed by atoms with Gasteiger partial charge in [-0.15, -0.1) is 0 Å². The van der Waals surface area contributed by atoms with Gasteiger partial charge in [0.25, 0.3) is 0 Å². The van der Waals surface area contributed by atoms with E-state index in [4.69, 9.17) is 0 Å². The zero-order chi connectivity index (χ0) is 16.1. The lowest BCUT2D eigenvalue weighted by molar-refractivity contribution is 0.138. The second-order valence-electron chi connectivity index (χ2n) is 6.34. The van der Waals surface area contributed by atoms with Crippen LogP contribution in [0.1, 0.15) is 24.1 Å². The molecule has 23 heavy (non-hydrogen) atoms. The minimum absolute atomic E-state index is 0.109. The number of hydrogen-bond donors (Lipinski definition) is 1. The number of aromatic nitrogens is 2. The van der Waals surface area contributed by atoms with E-state index in [0.29, 0.717) is 12.5 Å². The number of benzene rings is 1. The minimum Gasteiger partial charge on any atom is -0.347 e. The second-order valence-corrected chi connectivity index (χ2v) is 6.34. The largest absolute Gasteiger partial charge is 0.347 e. The molecule has 1 aromatic heterocycles. The van der Waals surface area contributed by atoms with Gasteiger partial charge in [0.2, 0.25) is 0 Å². The number of nitrogens with one attached hydrogen (secondary N) is 1. The van der Waals surface area contributed by atoms with Gasteiger partial charge in [0.1, 0.15) is 0 Å². The van der Waals surface area contributed by atoms with E-state index in [1.165, 1.54) is 5.56 Å². The van der Waals surface area contributed by atoms with Gasteiger partial charge in [-0.2, -0.15) is 0 Å². The van der Waals surface area contributed by atoms with E-state index in [1.54, 1.807) is 17.4 Å². The average Bonchev–Trinajstić information content (AvgIpc) is 3.09. The molecule has 0 spiro atoms. The molecule has 5 heteroatoms. The maximum atomic E-state index is 12.5. The monoisotopic (exact) mass is 312 g/mol. The van der Waals surface area contributed by atoms with E-state index in [9.17, 15) is 4.79 Å². The van der Waals surface area contributed by atoms with Gasteiger partial charge in [-0.25, -0.2) is 9.78 Å². The van der Waals surface area contributed by atoms with Crippen molar-refractivity contribution in [2.24, 2.45) is 5.92 Å². The molecule has 1 aliphatic rings. The highest BCUT2D eigenvalue weighted by Gasteiger charge is 2.25. The summed E-state index contributed by atoms with van der Waals surface area (Å²) in [4.78, 5) is 23.3. The molecule has 2 amide bonds. The summed E-state index contributed by atoms with van der Waals surface area (Å²) in [5.41, 5.74) is 2.36. The Labute approximate surface area is 137 Å². The van der Waals surface area contributed by atoms with Crippen LogP contribution in [0.15, 0.2) is 42.9 Å². The Morgan fingerprint density at radius 1 is 1.30 bits per heavy atom. The van der Waals surface area contributed by atoms with Crippen molar-refractivity contribution in [1.82, 2.24) is 19.8 Å². The van der Waals surface area contributed by atoms with Crippen LogP contribution in [-0.4, -0.2) is 45.9 Å². The number of aromatic amines is 1. The Morgan fingerprint density at radius 3 is 2.70 bits per heavy atom. The number of H-pyrrole nitrogens is 1. The smallest absolute Gasteiger partial charge is 0.320 e. The number of carbonyl (C=O) groups excluding carboxylic acids is 1. The quantitative estimate of drug-likeness (QED) is 0.944. The summed E-state index contributed by atoms with van der Waals surface area (Å²) in [5.74, 6) is 0.680. The van der Waals surface area contributed by atoms with Crippen molar-refractivity contribution >= 4 is 6.03 Å². The third-order valence-electron chi connectivity index (χ3n) is 4.54. The van der Waals surface area contributed by atoms with Gasteiger partial charge < -0.3 is 14.8 Å². The number of amides is 2. The molecular formula is C18H24N4O. The van der Waals surface area contributed by atoms with E-state index in [0.717, 1.165) is 38.0 Å². The molecule has 1 aliphatic heterocycles.